The van der Waals surface area contributed by atoms with E-state index >= 15 is 0 Å². The Morgan fingerprint density at radius 2 is 1.18 bits per heavy atom. The van der Waals surface area contributed by atoms with Crippen LogP contribution in [0.25, 0.3) is 82.7 Å². The van der Waals surface area contributed by atoms with Crippen molar-refractivity contribution in [2.45, 2.75) is 66.2 Å². The molecule has 1 radical (unpaired) electrons. The largest absolute Gasteiger partial charge is 0.354 e. The predicted octanol–water partition coefficient (Wildman–Crippen LogP) is 12.6. The summed E-state index contributed by atoms with van der Waals surface area (Å²) in [6.45, 7) is 18.5. The van der Waals surface area contributed by atoms with Crippen LogP contribution in [-0.4, -0.2) is 16.8 Å². The lowest BCUT2D eigenvalue weighted by Crippen LogP contribution is -2.39. The normalized spacial score (nSPS) is 12.9. The van der Waals surface area contributed by atoms with Gasteiger partial charge in [-0.25, -0.2) is 0 Å². The highest BCUT2D eigenvalue weighted by atomic mass is 15.0. The van der Waals surface area contributed by atoms with Crippen LogP contribution in [0, 0.1) is 13.8 Å². The lowest BCUT2D eigenvalue weighted by molar-refractivity contribution is 0.590. The molecule has 3 heteroatoms. The molecule has 9 aromatic rings. The summed E-state index contributed by atoms with van der Waals surface area (Å²) in [6, 6.07) is 47.8. The SMILES string of the molecule is Cc1cc(C)c2c(c1-c1cc(-c3ccccc3)cc3c1[nH]c1ccc(-c4ccccc4)cc13)[B]c1cc(C(C)(C)C)cc3c4cc(C(C)(C)C)ccc4n-2c13. The van der Waals surface area contributed by atoms with Crippen LogP contribution in [-0.2, 0) is 10.8 Å². The van der Waals surface area contributed by atoms with E-state index in [0.717, 1.165) is 5.52 Å². The van der Waals surface area contributed by atoms with E-state index in [1.165, 1.54) is 110 Å². The summed E-state index contributed by atoms with van der Waals surface area (Å²) >= 11 is 0. The van der Waals surface area contributed by atoms with Gasteiger partial charge < -0.3 is 9.55 Å². The van der Waals surface area contributed by atoms with Crippen LogP contribution in [0.15, 0.2) is 127 Å². The molecule has 0 bridgehead atoms. The number of rotatable bonds is 3. The predicted molar refractivity (Wildman–Crippen MR) is 238 cm³/mol. The van der Waals surface area contributed by atoms with Crippen LogP contribution >= 0.6 is 0 Å². The van der Waals surface area contributed by atoms with Gasteiger partial charge >= 0.3 is 0 Å². The minimum atomic E-state index is -0.000638. The molecule has 0 atom stereocenters. The van der Waals surface area contributed by atoms with Crippen molar-refractivity contribution in [3.8, 4) is 39.1 Å². The third kappa shape index (κ3) is 5.24. The topological polar surface area (TPSA) is 20.7 Å². The van der Waals surface area contributed by atoms with Crippen molar-refractivity contribution in [1.29, 1.82) is 0 Å². The third-order valence-corrected chi connectivity index (χ3v) is 12.1. The molecule has 55 heavy (non-hydrogen) atoms. The zero-order chi connectivity index (χ0) is 38.0. The average Bonchev–Trinajstić information content (AvgIpc) is 3.70. The number of fused-ring (bicyclic) bond motifs is 8. The molecule has 2 nitrogen and oxygen atoms in total. The van der Waals surface area contributed by atoms with Crippen LogP contribution in [0.1, 0.15) is 63.8 Å². The number of aromatic nitrogens is 2. The van der Waals surface area contributed by atoms with Crippen molar-refractivity contribution in [1.82, 2.24) is 9.55 Å². The standard InChI is InChI=1S/C52H46BN2/c1-30-23-31(2)49-47(53-43-29-37(52(6,7)8)28-41-39-27-36(51(3,4)5)20-22-45(39)55(49)50(41)43)46(30)42-26-35(33-17-13-10-14-18-33)25-40-38-24-34(32-15-11-9-12-16-32)19-21-44(38)54-48(40)42/h9-29,54H,1-8H3. The maximum atomic E-state index is 3.94. The molecular formula is C52H46BN2. The number of nitrogens with one attached hydrogen (secondary N) is 1. The molecule has 0 saturated carbocycles. The van der Waals surface area contributed by atoms with Crippen molar-refractivity contribution in [2.24, 2.45) is 0 Å². The quantitative estimate of drug-likeness (QED) is 0.176. The minimum Gasteiger partial charge on any atom is -0.354 e. The van der Waals surface area contributed by atoms with Crippen LogP contribution in [0.3, 0.4) is 0 Å². The average molecular weight is 710 g/mol. The van der Waals surface area contributed by atoms with Gasteiger partial charge in [-0.05, 0) is 123 Å². The molecule has 0 fully saturated rings. The molecule has 0 amide bonds. The van der Waals surface area contributed by atoms with Gasteiger partial charge in [-0.15, -0.1) is 0 Å². The highest BCUT2D eigenvalue weighted by molar-refractivity contribution is 6.73. The number of aryl methyl sites for hydroxylation is 2. The Bertz CT molecular complexity index is 3020. The van der Waals surface area contributed by atoms with Gasteiger partial charge in [-0.1, -0.05) is 132 Å². The van der Waals surface area contributed by atoms with E-state index in [4.69, 9.17) is 0 Å². The van der Waals surface area contributed by atoms with E-state index in [9.17, 15) is 0 Å². The van der Waals surface area contributed by atoms with E-state index in [2.05, 4.69) is 200 Å². The number of hydrogen-bond acceptors (Lipinski definition) is 0. The van der Waals surface area contributed by atoms with Crippen LogP contribution < -0.4 is 10.9 Å². The van der Waals surface area contributed by atoms with Gasteiger partial charge in [0.1, 0.15) is 0 Å². The van der Waals surface area contributed by atoms with Crippen molar-refractivity contribution in [3.63, 3.8) is 0 Å². The highest BCUT2D eigenvalue weighted by Crippen LogP contribution is 2.43. The summed E-state index contributed by atoms with van der Waals surface area (Å²) < 4.78 is 2.59. The molecule has 0 saturated heterocycles. The van der Waals surface area contributed by atoms with Crippen LogP contribution in [0.4, 0.5) is 0 Å². The van der Waals surface area contributed by atoms with Crippen LogP contribution in [0.2, 0.25) is 0 Å². The first kappa shape index (κ1) is 33.7. The molecule has 267 valence electrons. The Balaban J connectivity index is 1.31. The minimum absolute atomic E-state index is 0.000638. The molecule has 0 spiro atoms. The first-order valence-corrected chi connectivity index (χ1v) is 19.7. The number of H-pyrrole nitrogens is 1. The van der Waals surface area contributed by atoms with E-state index in [1.807, 2.05) is 0 Å². The molecule has 7 aromatic carbocycles. The molecule has 0 unspecified atom stereocenters. The molecule has 2 aromatic heterocycles. The van der Waals surface area contributed by atoms with Gasteiger partial charge in [-0.2, -0.15) is 0 Å². The second-order valence-corrected chi connectivity index (χ2v) is 17.9. The van der Waals surface area contributed by atoms with E-state index in [-0.39, 0.29) is 10.8 Å². The molecule has 3 heterocycles. The number of hydrogen-bond donors (Lipinski definition) is 1. The fraction of sp³-hybridized carbons (Fsp3) is 0.192. The fourth-order valence-corrected chi connectivity index (χ4v) is 9.18. The lowest BCUT2D eigenvalue weighted by Gasteiger charge is -2.28. The first-order chi connectivity index (χ1) is 26.3. The lowest BCUT2D eigenvalue weighted by atomic mass is 9.57. The number of benzene rings is 7. The summed E-state index contributed by atoms with van der Waals surface area (Å²) in [5, 5.41) is 5.15. The Labute approximate surface area is 325 Å². The van der Waals surface area contributed by atoms with Crippen LogP contribution in [0.5, 0.6) is 0 Å². The molecule has 1 aliphatic heterocycles. The summed E-state index contributed by atoms with van der Waals surface area (Å²) in [5.74, 6) is 0. The summed E-state index contributed by atoms with van der Waals surface area (Å²) in [6.07, 6.45) is 0. The zero-order valence-electron chi connectivity index (χ0n) is 33.1. The summed E-state index contributed by atoms with van der Waals surface area (Å²) in [4.78, 5) is 3.94. The zero-order valence-corrected chi connectivity index (χ0v) is 33.1. The van der Waals surface area contributed by atoms with Crippen molar-refractivity contribution in [2.75, 3.05) is 0 Å². The third-order valence-electron chi connectivity index (χ3n) is 12.1. The Morgan fingerprint density at radius 3 is 1.87 bits per heavy atom. The number of aromatic amines is 1. The van der Waals surface area contributed by atoms with Gasteiger partial charge in [0, 0.05) is 43.8 Å². The van der Waals surface area contributed by atoms with E-state index in [0.29, 0.717) is 0 Å². The van der Waals surface area contributed by atoms with Gasteiger partial charge in [0.2, 0.25) is 0 Å². The molecule has 1 aliphatic rings. The number of nitrogens with zero attached hydrogens (tertiary/aromatic N) is 1. The first-order valence-electron chi connectivity index (χ1n) is 19.7. The fourth-order valence-electron chi connectivity index (χ4n) is 9.18. The molecule has 10 rings (SSSR count). The Morgan fingerprint density at radius 1 is 0.527 bits per heavy atom. The molecular weight excluding hydrogens is 663 g/mol. The van der Waals surface area contributed by atoms with Crippen molar-refractivity contribution in [3.05, 3.63) is 150 Å². The maximum absolute atomic E-state index is 3.94. The Hall–Kier alpha value is -5.80. The summed E-state index contributed by atoms with van der Waals surface area (Å²) in [5.41, 5.74) is 21.5. The second kappa shape index (κ2) is 11.9. The monoisotopic (exact) mass is 709 g/mol. The smallest absolute Gasteiger partial charge is 0.197 e. The van der Waals surface area contributed by atoms with Gasteiger partial charge in [-0.3, -0.25) is 0 Å². The molecule has 1 N–H and O–H groups in total. The second-order valence-electron chi connectivity index (χ2n) is 17.9. The van der Waals surface area contributed by atoms with Gasteiger partial charge in [0.25, 0.3) is 0 Å². The highest BCUT2D eigenvalue weighted by Gasteiger charge is 2.31. The summed E-state index contributed by atoms with van der Waals surface area (Å²) in [7, 11) is 2.50. The molecule has 0 aliphatic carbocycles. The van der Waals surface area contributed by atoms with Gasteiger partial charge in [0.05, 0.1) is 11.0 Å². The van der Waals surface area contributed by atoms with Crippen molar-refractivity contribution < 1.29 is 0 Å². The Kier molecular flexibility index (Phi) is 7.27. The van der Waals surface area contributed by atoms with Gasteiger partial charge in [0.15, 0.2) is 7.28 Å². The van der Waals surface area contributed by atoms with Crippen molar-refractivity contribution >= 4 is 61.8 Å². The van der Waals surface area contributed by atoms with E-state index in [1.54, 1.807) is 0 Å². The maximum Gasteiger partial charge on any atom is 0.197 e. The van der Waals surface area contributed by atoms with E-state index < -0.39 is 0 Å².